The third kappa shape index (κ3) is 33.5. The second kappa shape index (κ2) is 37.6. The fourth-order valence-electron chi connectivity index (χ4n) is 8.38. The lowest BCUT2D eigenvalue weighted by atomic mass is 9.86. The SMILES string of the molecule is CC(C)CCC(CCOC(=O)CCCCCCCCCC(CCCCCCCCCC(=O)OCCC(CCC(C)C)C(C)C)OCCCCN1CCOCC1)C(C)C. The molecule has 1 saturated heterocycles. The molecular weight excluding hydrogens is 723 g/mol. The number of morpholine rings is 1. The van der Waals surface area contributed by atoms with E-state index in [0.29, 0.717) is 55.8 Å². The van der Waals surface area contributed by atoms with Gasteiger partial charge in [0.15, 0.2) is 0 Å². The molecule has 2 unspecified atom stereocenters. The van der Waals surface area contributed by atoms with Crippen molar-refractivity contribution in [3.05, 3.63) is 0 Å². The molecule has 7 nitrogen and oxygen atoms in total. The van der Waals surface area contributed by atoms with E-state index >= 15 is 0 Å². The predicted octanol–water partition coefficient (Wildman–Crippen LogP) is 13.8. The molecule has 0 spiro atoms. The maximum atomic E-state index is 12.3. The van der Waals surface area contributed by atoms with Gasteiger partial charge < -0.3 is 18.9 Å². The minimum absolute atomic E-state index is 0.00860. The van der Waals surface area contributed by atoms with Crippen LogP contribution in [-0.4, -0.2) is 75.6 Å². The molecule has 0 aromatic heterocycles. The molecule has 1 heterocycles. The lowest BCUT2D eigenvalue weighted by Crippen LogP contribution is -2.36. The molecule has 1 rings (SSSR count). The Balaban J connectivity index is 2.19. The molecule has 2 atom stereocenters. The van der Waals surface area contributed by atoms with Gasteiger partial charge in [0.25, 0.3) is 0 Å². The van der Waals surface area contributed by atoms with Gasteiger partial charge in [-0.15, -0.1) is 0 Å². The van der Waals surface area contributed by atoms with Gasteiger partial charge in [-0.3, -0.25) is 14.5 Å². The molecule has 58 heavy (non-hydrogen) atoms. The number of esters is 2. The summed E-state index contributed by atoms with van der Waals surface area (Å²) in [6.45, 7) is 25.4. The van der Waals surface area contributed by atoms with E-state index in [1.165, 1.54) is 109 Å². The number of unbranched alkanes of at least 4 members (excludes halogenated alkanes) is 13. The molecule has 7 heteroatoms. The van der Waals surface area contributed by atoms with Crippen molar-refractivity contribution in [2.24, 2.45) is 35.5 Å². The molecule has 1 aliphatic rings. The maximum absolute atomic E-state index is 12.3. The second-order valence-corrected chi connectivity index (χ2v) is 19.6. The normalized spacial score (nSPS) is 15.4. The number of carbonyl (C=O) groups is 2. The first kappa shape index (κ1) is 54.8. The highest BCUT2D eigenvalue weighted by atomic mass is 16.5. The number of carbonyl (C=O) groups excluding carboxylic acids is 2. The first-order chi connectivity index (χ1) is 28.0. The maximum Gasteiger partial charge on any atom is 0.305 e. The van der Waals surface area contributed by atoms with Gasteiger partial charge in [0.05, 0.1) is 32.5 Å². The fourth-order valence-corrected chi connectivity index (χ4v) is 8.38. The molecule has 0 aromatic rings. The van der Waals surface area contributed by atoms with Crippen LogP contribution in [0.5, 0.6) is 0 Å². The summed E-state index contributed by atoms with van der Waals surface area (Å²) in [5.74, 6) is 4.04. The van der Waals surface area contributed by atoms with Gasteiger partial charge in [0, 0.05) is 32.5 Å². The molecule has 0 aromatic carbocycles. The first-order valence-corrected chi connectivity index (χ1v) is 25.2. The average molecular weight is 822 g/mol. The van der Waals surface area contributed by atoms with Crippen molar-refractivity contribution in [2.75, 3.05) is 52.7 Å². The van der Waals surface area contributed by atoms with Crippen LogP contribution in [0.1, 0.15) is 222 Å². The highest BCUT2D eigenvalue weighted by molar-refractivity contribution is 5.69. The van der Waals surface area contributed by atoms with Crippen LogP contribution in [0.15, 0.2) is 0 Å². The van der Waals surface area contributed by atoms with Gasteiger partial charge in [-0.2, -0.15) is 0 Å². The summed E-state index contributed by atoms with van der Waals surface area (Å²) >= 11 is 0. The monoisotopic (exact) mass is 822 g/mol. The molecule has 0 amide bonds. The van der Waals surface area contributed by atoms with Crippen molar-refractivity contribution in [2.45, 2.75) is 228 Å². The average Bonchev–Trinajstić information content (AvgIpc) is 3.18. The van der Waals surface area contributed by atoms with Crippen molar-refractivity contribution in [3.8, 4) is 0 Å². The Kier molecular flexibility index (Phi) is 35.5. The Hall–Kier alpha value is -1.18. The molecule has 0 N–H and O–H groups in total. The Morgan fingerprint density at radius 3 is 1.29 bits per heavy atom. The smallest absolute Gasteiger partial charge is 0.305 e. The van der Waals surface area contributed by atoms with Crippen LogP contribution in [0.2, 0.25) is 0 Å². The van der Waals surface area contributed by atoms with Crippen LogP contribution in [0.25, 0.3) is 0 Å². The van der Waals surface area contributed by atoms with E-state index in [-0.39, 0.29) is 11.9 Å². The molecule has 0 saturated carbocycles. The third-order valence-corrected chi connectivity index (χ3v) is 12.8. The largest absolute Gasteiger partial charge is 0.466 e. The lowest BCUT2D eigenvalue weighted by molar-refractivity contribution is -0.145. The standard InChI is InChI=1S/C51H99NO6/c1-43(2)29-31-47(45(5)6)33-39-57-50(53)27-21-17-13-9-11-15-19-25-49(56-38-24-23-35-52-36-41-55-42-37-52)26-20-16-12-10-14-18-22-28-51(54)58-40-34-48(46(7)8)32-30-44(3)4/h43-49H,9-42H2,1-8H3. The first-order valence-electron chi connectivity index (χ1n) is 25.2. The van der Waals surface area contributed by atoms with E-state index in [1.54, 1.807) is 0 Å². The molecule has 0 bridgehead atoms. The summed E-state index contributed by atoms with van der Waals surface area (Å²) in [7, 11) is 0. The Morgan fingerprint density at radius 1 is 0.466 bits per heavy atom. The summed E-state index contributed by atoms with van der Waals surface area (Å²) in [5.41, 5.74) is 0. The number of hydrogen-bond acceptors (Lipinski definition) is 7. The molecule has 1 fully saturated rings. The van der Waals surface area contributed by atoms with Crippen LogP contribution in [0.3, 0.4) is 0 Å². The summed E-state index contributed by atoms with van der Waals surface area (Å²) in [5, 5.41) is 0. The summed E-state index contributed by atoms with van der Waals surface area (Å²) in [6, 6.07) is 0. The van der Waals surface area contributed by atoms with Gasteiger partial charge in [0.1, 0.15) is 0 Å². The predicted molar refractivity (Wildman–Crippen MR) is 245 cm³/mol. The fraction of sp³-hybridized carbons (Fsp3) is 0.961. The zero-order chi connectivity index (χ0) is 42.6. The molecule has 0 radical (unpaired) electrons. The van der Waals surface area contributed by atoms with Crippen LogP contribution >= 0.6 is 0 Å². The highest BCUT2D eigenvalue weighted by Gasteiger charge is 2.17. The Morgan fingerprint density at radius 2 is 0.879 bits per heavy atom. The van der Waals surface area contributed by atoms with Gasteiger partial charge in [0.2, 0.25) is 0 Å². The summed E-state index contributed by atoms with van der Waals surface area (Å²) < 4.78 is 23.2. The summed E-state index contributed by atoms with van der Waals surface area (Å²) in [4.78, 5) is 27.1. The minimum Gasteiger partial charge on any atom is -0.466 e. The topological polar surface area (TPSA) is 74.3 Å². The minimum atomic E-state index is -0.00860. The Labute approximate surface area is 361 Å². The Bertz CT molecular complexity index is 872. The number of nitrogens with zero attached hydrogens (tertiary/aromatic N) is 1. The van der Waals surface area contributed by atoms with Crippen LogP contribution in [-0.2, 0) is 28.5 Å². The van der Waals surface area contributed by atoms with E-state index in [4.69, 9.17) is 18.9 Å². The third-order valence-electron chi connectivity index (χ3n) is 12.8. The van der Waals surface area contributed by atoms with E-state index in [1.807, 2.05) is 0 Å². The lowest BCUT2D eigenvalue weighted by Gasteiger charge is -2.26. The molecular formula is C51H99NO6. The second-order valence-electron chi connectivity index (χ2n) is 19.6. The molecule has 1 aliphatic heterocycles. The number of hydrogen-bond donors (Lipinski definition) is 0. The quantitative estimate of drug-likeness (QED) is 0.0450. The number of ether oxygens (including phenoxy) is 4. The van der Waals surface area contributed by atoms with Crippen LogP contribution in [0.4, 0.5) is 0 Å². The van der Waals surface area contributed by atoms with E-state index in [0.717, 1.165) is 96.2 Å². The zero-order valence-corrected chi connectivity index (χ0v) is 40.0. The van der Waals surface area contributed by atoms with Crippen molar-refractivity contribution in [1.29, 1.82) is 0 Å². The summed E-state index contributed by atoms with van der Waals surface area (Å²) in [6.07, 6.45) is 29.9. The zero-order valence-electron chi connectivity index (χ0n) is 40.0. The van der Waals surface area contributed by atoms with Crippen LogP contribution < -0.4 is 0 Å². The van der Waals surface area contributed by atoms with Gasteiger partial charge in [-0.1, -0.05) is 145 Å². The number of rotatable bonds is 40. The molecule has 344 valence electrons. The van der Waals surface area contributed by atoms with Gasteiger partial charge in [-0.25, -0.2) is 0 Å². The highest BCUT2D eigenvalue weighted by Crippen LogP contribution is 2.25. The van der Waals surface area contributed by atoms with E-state index < -0.39 is 0 Å². The van der Waals surface area contributed by atoms with Crippen molar-refractivity contribution in [3.63, 3.8) is 0 Å². The molecule has 0 aliphatic carbocycles. The van der Waals surface area contributed by atoms with Crippen molar-refractivity contribution >= 4 is 11.9 Å². The van der Waals surface area contributed by atoms with E-state index in [9.17, 15) is 9.59 Å². The van der Waals surface area contributed by atoms with Crippen LogP contribution in [0, 0.1) is 35.5 Å². The van der Waals surface area contributed by atoms with Crippen molar-refractivity contribution < 1.29 is 28.5 Å². The van der Waals surface area contributed by atoms with E-state index in [2.05, 4.69) is 60.3 Å². The van der Waals surface area contributed by atoms with Gasteiger partial charge >= 0.3 is 11.9 Å². The van der Waals surface area contributed by atoms with Gasteiger partial charge in [-0.05, 0) is 106 Å². The van der Waals surface area contributed by atoms with Crippen molar-refractivity contribution in [1.82, 2.24) is 4.90 Å².